The molecule has 1 heterocycles. The highest BCUT2D eigenvalue weighted by Crippen LogP contribution is 2.07. The largest absolute Gasteiger partial charge is 0.385 e. The molecule has 0 aliphatic rings. The minimum Gasteiger partial charge on any atom is -0.385 e. The lowest BCUT2D eigenvalue weighted by atomic mass is 10.1. The molecule has 0 radical (unpaired) electrons. The van der Waals surface area contributed by atoms with E-state index < -0.39 is 0 Å². The van der Waals surface area contributed by atoms with Gasteiger partial charge in [-0.3, -0.25) is 9.78 Å². The van der Waals surface area contributed by atoms with Crippen LogP contribution in [0.2, 0.25) is 0 Å². The molecule has 0 unspecified atom stereocenters. The van der Waals surface area contributed by atoms with Gasteiger partial charge in [-0.05, 0) is 37.8 Å². The fraction of sp³-hybridized carbons (Fsp3) is 0.571. The van der Waals surface area contributed by atoms with Crippen LogP contribution in [-0.2, 0) is 0 Å². The lowest BCUT2D eigenvalue weighted by Crippen LogP contribution is -2.25. The summed E-state index contributed by atoms with van der Waals surface area (Å²) in [6.45, 7) is 7.93. The van der Waals surface area contributed by atoms with Gasteiger partial charge in [0.1, 0.15) is 5.69 Å². The maximum Gasteiger partial charge on any atom is 0.269 e. The van der Waals surface area contributed by atoms with Crippen LogP contribution in [0.3, 0.4) is 0 Å². The Labute approximate surface area is 109 Å². The molecule has 0 atom stereocenters. The number of nitrogens with one attached hydrogen (secondary N) is 2. The van der Waals surface area contributed by atoms with E-state index in [-0.39, 0.29) is 5.91 Å². The molecular weight excluding hydrogens is 226 g/mol. The fourth-order valence-corrected chi connectivity index (χ4v) is 1.67. The molecule has 18 heavy (non-hydrogen) atoms. The molecule has 0 aliphatic carbocycles. The van der Waals surface area contributed by atoms with Crippen molar-refractivity contribution in [3.05, 3.63) is 24.0 Å². The Morgan fingerprint density at radius 3 is 2.89 bits per heavy atom. The van der Waals surface area contributed by atoms with Crippen LogP contribution in [0.1, 0.15) is 44.1 Å². The monoisotopic (exact) mass is 249 g/mol. The van der Waals surface area contributed by atoms with Gasteiger partial charge in [0.05, 0.1) is 0 Å². The normalized spacial score (nSPS) is 10.4. The molecule has 1 aromatic rings. The van der Waals surface area contributed by atoms with Crippen molar-refractivity contribution < 1.29 is 4.79 Å². The predicted octanol–water partition coefficient (Wildman–Crippen LogP) is 2.68. The van der Waals surface area contributed by atoms with Crippen molar-refractivity contribution in [3.63, 3.8) is 0 Å². The molecule has 0 spiro atoms. The Hall–Kier alpha value is -1.58. The van der Waals surface area contributed by atoms with Gasteiger partial charge in [-0.2, -0.15) is 0 Å². The Kier molecular flexibility index (Phi) is 6.19. The Bertz CT molecular complexity index is 377. The number of pyridine rings is 1. The number of nitrogens with zero attached hydrogens (tertiary/aromatic N) is 1. The number of aromatic nitrogens is 1. The molecule has 0 bridgehead atoms. The third kappa shape index (κ3) is 5.17. The highest BCUT2D eigenvalue weighted by molar-refractivity contribution is 5.93. The minimum absolute atomic E-state index is 0.0986. The number of rotatable bonds is 7. The van der Waals surface area contributed by atoms with Crippen LogP contribution < -0.4 is 10.6 Å². The van der Waals surface area contributed by atoms with E-state index >= 15 is 0 Å². The summed E-state index contributed by atoms with van der Waals surface area (Å²) in [5, 5.41) is 6.06. The van der Waals surface area contributed by atoms with Gasteiger partial charge in [0.15, 0.2) is 0 Å². The molecule has 100 valence electrons. The van der Waals surface area contributed by atoms with Crippen molar-refractivity contribution in [2.75, 3.05) is 18.4 Å². The maximum atomic E-state index is 11.8. The number of amides is 1. The van der Waals surface area contributed by atoms with Crippen LogP contribution in [0, 0.1) is 5.92 Å². The standard InChI is InChI=1S/C14H23N3O/c1-4-15-12-7-9-16-13(10-12)14(18)17-8-5-6-11(2)3/h7,9-11H,4-6,8H2,1-3H3,(H,15,16)(H,17,18). The lowest BCUT2D eigenvalue weighted by molar-refractivity contribution is 0.0947. The van der Waals surface area contributed by atoms with E-state index in [1.54, 1.807) is 12.3 Å². The highest BCUT2D eigenvalue weighted by Gasteiger charge is 2.07. The van der Waals surface area contributed by atoms with E-state index in [0.717, 1.165) is 25.1 Å². The van der Waals surface area contributed by atoms with E-state index in [1.807, 2.05) is 13.0 Å². The topological polar surface area (TPSA) is 54.0 Å². The molecule has 4 heteroatoms. The van der Waals surface area contributed by atoms with Crippen molar-refractivity contribution >= 4 is 11.6 Å². The first-order valence-corrected chi connectivity index (χ1v) is 6.61. The quantitative estimate of drug-likeness (QED) is 0.730. The zero-order chi connectivity index (χ0) is 13.4. The van der Waals surface area contributed by atoms with Gasteiger partial charge in [0.25, 0.3) is 5.91 Å². The maximum absolute atomic E-state index is 11.8. The zero-order valence-electron chi connectivity index (χ0n) is 11.5. The van der Waals surface area contributed by atoms with Gasteiger partial charge < -0.3 is 10.6 Å². The molecule has 1 rings (SSSR count). The molecule has 0 saturated carbocycles. The van der Waals surface area contributed by atoms with Crippen LogP contribution in [0.5, 0.6) is 0 Å². The average Bonchev–Trinajstić information content (AvgIpc) is 2.35. The second-order valence-corrected chi connectivity index (χ2v) is 4.75. The van der Waals surface area contributed by atoms with Crippen molar-refractivity contribution in [1.82, 2.24) is 10.3 Å². The van der Waals surface area contributed by atoms with Gasteiger partial charge in [0, 0.05) is 25.0 Å². The molecule has 0 fully saturated rings. The van der Waals surface area contributed by atoms with Gasteiger partial charge in [-0.25, -0.2) is 0 Å². The second kappa shape index (κ2) is 7.69. The molecule has 4 nitrogen and oxygen atoms in total. The highest BCUT2D eigenvalue weighted by atomic mass is 16.1. The van der Waals surface area contributed by atoms with Crippen molar-refractivity contribution in [1.29, 1.82) is 0 Å². The summed E-state index contributed by atoms with van der Waals surface area (Å²) in [6, 6.07) is 3.64. The summed E-state index contributed by atoms with van der Waals surface area (Å²) in [5.74, 6) is 0.579. The zero-order valence-corrected chi connectivity index (χ0v) is 11.5. The summed E-state index contributed by atoms with van der Waals surface area (Å²) < 4.78 is 0. The Morgan fingerprint density at radius 1 is 1.44 bits per heavy atom. The van der Waals surface area contributed by atoms with Gasteiger partial charge in [0.2, 0.25) is 0 Å². The van der Waals surface area contributed by atoms with E-state index in [9.17, 15) is 4.79 Å². The molecule has 0 aliphatic heterocycles. The third-order valence-corrected chi connectivity index (χ3v) is 2.62. The summed E-state index contributed by atoms with van der Waals surface area (Å²) in [7, 11) is 0. The van der Waals surface area contributed by atoms with Gasteiger partial charge >= 0.3 is 0 Å². The van der Waals surface area contributed by atoms with Crippen molar-refractivity contribution in [2.45, 2.75) is 33.6 Å². The Balaban J connectivity index is 2.43. The third-order valence-electron chi connectivity index (χ3n) is 2.62. The summed E-state index contributed by atoms with van der Waals surface area (Å²) in [4.78, 5) is 15.9. The van der Waals surface area contributed by atoms with E-state index in [4.69, 9.17) is 0 Å². The smallest absolute Gasteiger partial charge is 0.269 e. The average molecular weight is 249 g/mol. The van der Waals surface area contributed by atoms with E-state index in [0.29, 0.717) is 18.2 Å². The predicted molar refractivity (Wildman–Crippen MR) is 74.8 cm³/mol. The number of hydrogen-bond acceptors (Lipinski definition) is 3. The van der Waals surface area contributed by atoms with Crippen LogP contribution in [0.15, 0.2) is 18.3 Å². The Morgan fingerprint density at radius 2 is 2.22 bits per heavy atom. The summed E-state index contributed by atoms with van der Waals surface area (Å²) in [6.07, 6.45) is 3.79. The number of carbonyl (C=O) groups is 1. The van der Waals surface area contributed by atoms with Crippen LogP contribution >= 0.6 is 0 Å². The van der Waals surface area contributed by atoms with E-state index in [2.05, 4.69) is 29.5 Å². The second-order valence-electron chi connectivity index (χ2n) is 4.75. The first kappa shape index (κ1) is 14.5. The molecular formula is C14H23N3O. The van der Waals surface area contributed by atoms with Crippen LogP contribution in [-0.4, -0.2) is 24.0 Å². The first-order chi connectivity index (χ1) is 8.63. The molecule has 0 aromatic carbocycles. The molecule has 1 amide bonds. The number of hydrogen-bond donors (Lipinski definition) is 2. The first-order valence-electron chi connectivity index (χ1n) is 6.61. The molecule has 1 aromatic heterocycles. The van der Waals surface area contributed by atoms with Gasteiger partial charge in [-0.15, -0.1) is 0 Å². The number of carbonyl (C=O) groups excluding carboxylic acids is 1. The number of anilines is 1. The van der Waals surface area contributed by atoms with Crippen LogP contribution in [0.4, 0.5) is 5.69 Å². The van der Waals surface area contributed by atoms with Gasteiger partial charge in [-0.1, -0.05) is 13.8 Å². The minimum atomic E-state index is -0.0986. The van der Waals surface area contributed by atoms with Crippen molar-refractivity contribution in [2.24, 2.45) is 5.92 Å². The SMILES string of the molecule is CCNc1ccnc(C(=O)NCCCC(C)C)c1. The van der Waals surface area contributed by atoms with E-state index in [1.165, 1.54) is 0 Å². The summed E-state index contributed by atoms with van der Waals surface area (Å²) >= 11 is 0. The molecule has 0 saturated heterocycles. The lowest BCUT2D eigenvalue weighted by Gasteiger charge is -2.08. The van der Waals surface area contributed by atoms with Crippen LogP contribution in [0.25, 0.3) is 0 Å². The summed E-state index contributed by atoms with van der Waals surface area (Å²) in [5.41, 5.74) is 1.40. The fourth-order valence-electron chi connectivity index (χ4n) is 1.67. The van der Waals surface area contributed by atoms with Crippen molar-refractivity contribution in [3.8, 4) is 0 Å². The molecule has 2 N–H and O–H groups in total.